The lowest BCUT2D eigenvalue weighted by atomic mass is 10.1. The zero-order chi connectivity index (χ0) is 16.4. The normalized spacial score (nSPS) is 10.6. The summed E-state index contributed by atoms with van der Waals surface area (Å²) >= 11 is 0. The molecule has 0 saturated heterocycles. The van der Waals surface area contributed by atoms with Gasteiger partial charge in [-0.05, 0) is 25.1 Å². The van der Waals surface area contributed by atoms with Gasteiger partial charge in [-0.2, -0.15) is 0 Å². The number of benzene rings is 2. The molecule has 0 fully saturated rings. The number of ether oxygens (including phenoxy) is 3. The van der Waals surface area contributed by atoms with E-state index in [0.29, 0.717) is 17.2 Å². The van der Waals surface area contributed by atoms with Crippen LogP contribution in [0.1, 0.15) is 5.56 Å². The monoisotopic (exact) mass is 309 g/mol. The number of nitrogens with zero attached hydrogens (tertiary/aromatic N) is 1. The maximum atomic E-state index is 5.51. The van der Waals surface area contributed by atoms with Crippen molar-refractivity contribution in [1.29, 1.82) is 0 Å². The van der Waals surface area contributed by atoms with Gasteiger partial charge in [0.2, 0.25) is 5.75 Å². The molecule has 0 unspecified atom stereocenters. The van der Waals surface area contributed by atoms with E-state index >= 15 is 0 Å². The molecule has 0 atom stereocenters. The SMILES string of the molecule is COc1cc2nc(-c3cccc(C)c3)ccc2c(OC)c1OC. The van der Waals surface area contributed by atoms with Crippen molar-refractivity contribution >= 4 is 10.9 Å². The smallest absolute Gasteiger partial charge is 0.204 e. The molecule has 0 N–H and O–H groups in total. The number of pyridine rings is 1. The van der Waals surface area contributed by atoms with Gasteiger partial charge in [-0.15, -0.1) is 0 Å². The molecule has 3 aromatic rings. The van der Waals surface area contributed by atoms with Gasteiger partial charge in [0, 0.05) is 17.0 Å². The Morgan fingerprint density at radius 3 is 2.26 bits per heavy atom. The van der Waals surface area contributed by atoms with E-state index in [0.717, 1.165) is 22.2 Å². The molecule has 0 aliphatic rings. The maximum Gasteiger partial charge on any atom is 0.204 e. The third kappa shape index (κ3) is 2.68. The lowest BCUT2D eigenvalue weighted by Crippen LogP contribution is -1.97. The summed E-state index contributed by atoms with van der Waals surface area (Å²) in [6.45, 7) is 2.07. The largest absolute Gasteiger partial charge is 0.493 e. The summed E-state index contributed by atoms with van der Waals surface area (Å²) in [4.78, 5) is 4.76. The fraction of sp³-hybridized carbons (Fsp3) is 0.211. The Bertz CT molecular complexity index is 859. The van der Waals surface area contributed by atoms with Gasteiger partial charge < -0.3 is 14.2 Å². The number of hydrogen-bond acceptors (Lipinski definition) is 4. The van der Waals surface area contributed by atoms with Crippen molar-refractivity contribution in [2.45, 2.75) is 6.92 Å². The van der Waals surface area contributed by atoms with E-state index in [1.807, 2.05) is 24.3 Å². The van der Waals surface area contributed by atoms with Crippen LogP contribution in [-0.4, -0.2) is 26.3 Å². The van der Waals surface area contributed by atoms with Gasteiger partial charge in [0.05, 0.1) is 32.5 Å². The topological polar surface area (TPSA) is 40.6 Å². The first-order valence-corrected chi connectivity index (χ1v) is 7.34. The first kappa shape index (κ1) is 15.2. The molecule has 0 radical (unpaired) electrons. The van der Waals surface area contributed by atoms with E-state index < -0.39 is 0 Å². The Morgan fingerprint density at radius 2 is 1.61 bits per heavy atom. The molecule has 0 bridgehead atoms. The van der Waals surface area contributed by atoms with Gasteiger partial charge >= 0.3 is 0 Å². The van der Waals surface area contributed by atoms with Crippen LogP contribution in [0.5, 0.6) is 17.2 Å². The first-order chi connectivity index (χ1) is 11.2. The van der Waals surface area contributed by atoms with Crippen molar-refractivity contribution < 1.29 is 14.2 Å². The second-order valence-corrected chi connectivity index (χ2v) is 5.28. The fourth-order valence-electron chi connectivity index (χ4n) is 2.71. The van der Waals surface area contributed by atoms with Crippen LogP contribution in [0.2, 0.25) is 0 Å². The number of aromatic nitrogens is 1. The first-order valence-electron chi connectivity index (χ1n) is 7.34. The lowest BCUT2D eigenvalue weighted by Gasteiger charge is -2.15. The maximum absolute atomic E-state index is 5.51. The summed E-state index contributed by atoms with van der Waals surface area (Å²) < 4.78 is 16.3. The Labute approximate surface area is 135 Å². The molecule has 3 rings (SSSR count). The van der Waals surface area contributed by atoms with E-state index in [1.54, 1.807) is 21.3 Å². The average molecular weight is 309 g/mol. The van der Waals surface area contributed by atoms with E-state index in [4.69, 9.17) is 19.2 Å². The molecule has 0 aliphatic carbocycles. The van der Waals surface area contributed by atoms with Crippen molar-refractivity contribution in [3.63, 3.8) is 0 Å². The zero-order valence-electron chi connectivity index (χ0n) is 13.7. The molecular formula is C19H19NO3. The van der Waals surface area contributed by atoms with Gasteiger partial charge in [-0.3, -0.25) is 0 Å². The van der Waals surface area contributed by atoms with Crippen LogP contribution in [-0.2, 0) is 0 Å². The molecule has 0 aliphatic heterocycles. The van der Waals surface area contributed by atoms with E-state index in [2.05, 4.69) is 25.1 Å². The van der Waals surface area contributed by atoms with Gasteiger partial charge in [0.1, 0.15) is 0 Å². The van der Waals surface area contributed by atoms with Gasteiger partial charge in [0.15, 0.2) is 11.5 Å². The molecule has 1 aromatic heterocycles. The van der Waals surface area contributed by atoms with Gasteiger partial charge in [-0.1, -0.05) is 23.8 Å². The second kappa shape index (κ2) is 6.16. The summed E-state index contributed by atoms with van der Waals surface area (Å²) in [5.74, 6) is 1.81. The van der Waals surface area contributed by atoms with Crippen LogP contribution in [0.25, 0.3) is 22.2 Å². The summed E-state index contributed by atoms with van der Waals surface area (Å²) in [6.07, 6.45) is 0. The van der Waals surface area contributed by atoms with Crippen LogP contribution in [0.3, 0.4) is 0 Å². The average Bonchev–Trinajstić information content (AvgIpc) is 2.59. The molecule has 118 valence electrons. The minimum atomic E-state index is 0.576. The number of rotatable bonds is 4. The minimum Gasteiger partial charge on any atom is -0.493 e. The molecule has 4 nitrogen and oxygen atoms in total. The van der Waals surface area contributed by atoms with Crippen molar-refractivity contribution in [1.82, 2.24) is 4.98 Å². The van der Waals surface area contributed by atoms with Crippen LogP contribution in [0.4, 0.5) is 0 Å². The fourth-order valence-corrected chi connectivity index (χ4v) is 2.71. The summed E-state index contributed by atoms with van der Waals surface area (Å²) in [5.41, 5.74) is 4.00. The molecule has 0 saturated carbocycles. The Hall–Kier alpha value is -2.75. The van der Waals surface area contributed by atoms with Gasteiger partial charge in [-0.25, -0.2) is 4.98 Å². The highest BCUT2D eigenvalue weighted by Gasteiger charge is 2.17. The quantitative estimate of drug-likeness (QED) is 0.723. The number of fused-ring (bicyclic) bond motifs is 1. The van der Waals surface area contributed by atoms with Crippen LogP contribution in [0.15, 0.2) is 42.5 Å². The lowest BCUT2D eigenvalue weighted by molar-refractivity contribution is 0.327. The van der Waals surface area contributed by atoms with E-state index in [-0.39, 0.29) is 0 Å². The highest BCUT2D eigenvalue weighted by atomic mass is 16.5. The van der Waals surface area contributed by atoms with E-state index in [9.17, 15) is 0 Å². The van der Waals surface area contributed by atoms with Crippen molar-refractivity contribution in [2.24, 2.45) is 0 Å². The molecular weight excluding hydrogens is 290 g/mol. The van der Waals surface area contributed by atoms with Crippen LogP contribution in [0, 0.1) is 6.92 Å². The number of aryl methyl sites for hydroxylation is 1. The Kier molecular flexibility index (Phi) is 4.06. The van der Waals surface area contributed by atoms with E-state index in [1.165, 1.54) is 5.56 Å². The van der Waals surface area contributed by atoms with Crippen molar-refractivity contribution in [2.75, 3.05) is 21.3 Å². The number of hydrogen-bond donors (Lipinski definition) is 0. The third-order valence-corrected chi connectivity index (χ3v) is 3.81. The Balaban J connectivity index is 2.24. The Morgan fingerprint density at radius 1 is 0.826 bits per heavy atom. The molecule has 0 spiro atoms. The van der Waals surface area contributed by atoms with Crippen molar-refractivity contribution in [3.05, 3.63) is 48.0 Å². The van der Waals surface area contributed by atoms with Gasteiger partial charge in [0.25, 0.3) is 0 Å². The van der Waals surface area contributed by atoms with Crippen molar-refractivity contribution in [3.8, 4) is 28.5 Å². The molecule has 1 heterocycles. The zero-order valence-corrected chi connectivity index (χ0v) is 13.7. The second-order valence-electron chi connectivity index (χ2n) is 5.28. The molecule has 2 aromatic carbocycles. The standard InChI is InChI=1S/C19H19NO3/c1-12-6-5-7-13(10-12)15-9-8-14-16(20-15)11-17(21-2)19(23-4)18(14)22-3/h5-11H,1-4H3. The summed E-state index contributed by atoms with van der Waals surface area (Å²) in [6, 6.07) is 14.1. The summed E-state index contributed by atoms with van der Waals surface area (Å²) in [7, 11) is 4.82. The highest BCUT2D eigenvalue weighted by Crippen LogP contribution is 2.43. The van der Waals surface area contributed by atoms with Crippen LogP contribution < -0.4 is 14.2 Å². The molecule has 0 amide bonds. The molecule has 23 heavy (non-hydrogen) atoms. The van der Waals surface area contributed by atoms with Crippen LogP contribution >= 0.6 is 0 Å². The number of methoxy groups -OCH3 is 3. The minimum absolute atomic E-state index is 0.576. The summed E-state index contributed by atoms with van der Waals surface area (Å²) in [5, 5.41) is 0.890. The predicted octanol–water partition coefficient (Wildman–Crippen LogP) is 4.24. The highest BCUT2D eigenvalue weighted by molar-refractivity contribution is 5.92. The molecule has 4 heteroatoms. The third-order valence-electron chi connectivity index (χ3n) is 3.81. The predicted molar refractivity (Wildman–Crippen MR) is 91.6 cm³/mol.